The van der Waals surface area contributed by atoms with E-state index in [1.54, 1.807) is 0 Å². The molecule has 0 aliphatic carbocycles. The van der Waals surface area contributed by atoms with Crippen LogP contribution in [0.3, 0.4) is 0 Å². The van der Waals surface area contributed by atoms with Crippen molar-refractivity contribution < 1.29 is 13.6 Å². The van der Waals surface area contributed by atoms with Crippen LogP contribution in [-0.4, -0.2) is 11.7 Å². The summed E-state index contributed by atoms with van der Waals surface area (Å²) in [6.45, 7) is 0. The van der Waals surface area contributed by atoms with Gasteiger partial charge in [-0.2, -0.15) is 0 Å². The molecule has 6 heteroatoms. The first-order valence-electron chi connectivity index (χ1n) is 6.20. The Labute approximate surface area is 133 Å². The van der Waals surface area contributed by atoms with E-state index in [1.807, 2.05) is 24.3 Å². The van der Waals surface area contributed by atoms with Gasteiger partial charge in [0, 0.05) is 10.5 Å². The van der Waals surface area contributed by atoms with Crippen LogP contribution in [0.1, 0.15) is 10.9 Å². The van der Waals surface area contributed by atoms with E-state index in [0.717, 1.165) is 22.2 Å². The van der Waals surface area contributed by atoms with Crippen LogP contribution in [0.5, 0.6) is 0 Å². The maximum Gasteiger partial charge on any atom is 0.238 e. The minimum Gasteiger partial charge on any atom is -0.292 e. The lowest BCUT2D eigenvalue weighted by Gasteiger charge is -2.24. The molecule has 0 N–H and O–H groups in total. The quantitative estimate of drug-likeness (QED) is 0.776. The van der Waals surface area contributed by atoms with Gasteiger partial charge in [0.05, 0.1) is 11.4 Å². The molecule has 2 aromatic rings. The Morgan fingerprint density at radius 1 is 1.14 bits per heavy atom. The van der Waals surface area contributed by atoms with E-state index in [9.17, 15) is 13.6 Å². The van der Waals surface area contributed by atoms with E-state index in [1.165, 1.54) is 22.7 Å². The first-order valence-corrected chi connectivity index (χ1v) is 8.04. The van der Waals surface area contributed by atoms with Crippen molar-refractivity contribution in [2.24, 2.45) is 0 Å². The summed E-state index contributed by atoms with van der Waals surface area (Å²) in [6.07, 6.45) is 0. The predicted octanol–water partition coefficient (Wildman–Crippen LogP) is 4.51. The summed E-state index contributed by atoms with van der Waals surface area (Å²) < 4.78 is 28.0. The first kappa shape index (κ1) is 14.5. The zero-order valence-electron chi connectivity index (χ0n) is 10.7. The zero-order chi connectivity index (χ0) is 15.0. The van der Waals surface area contributed by atoms with Crippen LogP contribution in [0.15, 0.2) is 46.9 Å². The second-order valence-corrected chi connectivity index (χ2v) is 6.56. The van der Waals surface area contributed by atoms with Gasteiger partial charge in [-0.15, -0.1) is 11.8 Å². The molecular formula is C15H10BrF2NOS. The molecular weight excluding hydrogens is 360 g/mol. The second-order valence-electron chi connectivity index (χ2n) is 4.57. The van der Waals surface area contributed by atoms with Crippen molar-refractivity contribution in [2.75, 3.05) is 10.7 Å². The topological polar surface area (TPSA) is 20.3 Å². The van der Waals surface area contributed by atoms with Gasteiger partial charge in [0.15, 0.2) is 0 Å². The van der Waals surface area contributed by atoms with Gasteiger partial charge in [-0.25, -0.2) is 8.78 Å². The van der Waals surface area contributed by atoms with Crippen molar-refractivity contribution >= 4 is 39.3 Å². The maximum atomic E-state index is 14.0. The van der Waals surface area contributed by atoms with Crippen LogP contribution in [0.4, 0.5) is 14.5 Å². The Kier molecular flexibility index (Phi) is 3.99. The van der Waals surface area contributed by atoms with Crippen LogP contribution in [-0.2, 0) is 4.79 Å². The van der Waals surface area contributed by atoms with Crippen molar-refractivity contribution in [1.29, 1.82) is 0 Å². The van der Waals surface area contributed by atoms with Crippen LogP contribution in [0, 0.1) is 11.6 Å². The predicted molar refractivity (Wildman–Crippen MR) is 83.2 cm³/mol. The van der Waals surface area contributed by atoms with Gasteiger partial charge < -0.3 is 0 Å². The second kappa shape index (κ2) is 5.77. The Morgan fingerprint density at radius 2 is 1.86 bits per heavy atom. The van der Waals surface area contributed by atoms with Gasteiger partial charge >= 0.3 is 0 Å². The van der Waals surface area contributed by atoms with Crippen molar-refractivity contribution in [3.05, 3.63) is 64.1 Å². The SMILES string of the molecule is O=C1CS[C@@H](c2ccc(Br)cc2)N1c1ccc(F)cc1F. The molecule has 0 saturated carbocycles. The Morgan fingerprint density at radius 3 is 2.52 bits per heavy atom. The van der Waals surface area contributed by atoms with E-state index >= 15 is 0 Å². The van der Waals surface area contributed by atoms with E-state index in [4.69, 9.17) is 0 Å². The number of halogens is 3. The number of carbonyl (C=O) groups excluding carboxylic acids is 1. The highest BCUT2D eigenvalue weighted by atomic mass is 79.9. The minimum atomic E-state index is -0.729. The van der Waals surface area contributed by atoms with Crippen LogP contribution >= 0.6 is 27.7 Å². The average Bonchev–Trinajstić information content (AvgIpc) is 2.82. The molecule has 21 heavy (non-hydrogen) atoms. The molecule has 0 unspecified atom stereocenters. The summed E-state index contributed by atoms with van der Waals surface area (Å²) in [7, 11) is 0. The Hall–Kier alpha value is -1.40. The Balaban J connectivity index is 2.01. The van der Waals surface area contributed by atoms with Crippen LogP contribution in [0.2, 0.25) is 0 Å². The fraction of sp³-hybridized carbons (Fsp3) is 0.133. The summed E-state index contributed by atoms with van der Waals surface area (Å²) in [5, 5.41) is -0.300. The molecule has 2 aromatic carbocycles. The molecule has 1 atom stereocenters. The highest BCUT2D eigenvalue weighted by molar-refractivity contribution is 9.10. The molecule has 1 amide bonds. The smallest absolute Gasteiger partial charge is 0.238 e. The van der Waals surface area contributed by atoms with Gasteiger partial charge in [-0.05, 0) is 29.8 Å². The molecule has 1 saturated heterocycles. The molecule has 3 rings (SSSR count). The Bertz CT molecular complexity index is 693. The van der Waals surface area contributed by atoms with E-state index < -0.39 is 11.6 Å². The van der Waals surface area contributed by atoms with Crippen molar-refractivity contribution in [1.82, 2.24) is 0 Å². The number of hydrogen-bond acceptors (Lipinski definition) is 2. The number of hydrogen-bond donors (Lipinski definition) is 0. The van der Waals surface area contributed by atoms with Crippen molar-refractivity contribution in [3.8, 4) is 0 Å². The van der Waals surface area contributed by atoms with E-state index in [2.05, 4.69) is 15.9 Å². The summed E-state index contributed by atoms with van der Waals surface area (Å²) in [5.41, 5.74) is 1.01. The third-order valence-corrected chi connectivity index (χ3v) is 4.93. The number of benzene rings is 2. The molecule has 0 spiro atoms. The van der Waals surface area contributed by atoms with Gasteiger partial charge in [-0.1, -0.05) is 28.1 Å². The first-order chi connectivity index (χ1) is 10.1. The molecule has 0 bridgehead atoms. The third-order valence-electron chi connectivity index (χ3n) is 3.19. The molecule has 2 nitrogen and oxygen atoms in total. The highest BCUT2D eigenvalue weighted by Gasteiger charge is 2.35. The van der Waals surface area contributed by atoms with Gasteiger partial charge in [0.2, 0.25) is 5.91 Å². The van der Waals surface area contributed by atoms with Crippen molar-refractivity contribution in [3.63, 3.8) is 0 Å². The van der Waals surface area contributed by atoms with Gasteiger partial charge in [0.25, 0.3) is 0 Å². The van der Waals surface area contributed by atoms with E-state index in [-0.39, 0.29) is 22.7 Å². The van der Waals surface area contributed by atoms with Crippen LogP contribution < -0.4 is 4.90 Å². The largest absolute Gasteiger partial charge is 0.292 e. The maximum absolute atomic E-state index is 14.0. The van der Waals surface area contributed by atoms with Gasteiger partial charge in [0.1, 0.15) is 17.0 Å². The molecule has 1 aliphatic heterocycles. The fourth-order valence-electron chi connectivity index (χ4n) is 2.24. The number of rotatable bonds is 2. The standard InChI is InChI=1S/C15H10BrF2NOS/c16-10-3-1-9(2-4-10)15-19(14(20)8-21-15)13-6-5-11(17)7-12(13)18/h1-7,15H,8H2/t15-/m0/s1. The number of nitrogens with zero attached hydrogens (tertiary/aromatic N) is 1. The lowest BCUT2D eigenvalue weighted by molar-refractivity contribution is -0.115. The minimum absolute atomic E-state index is 0.110. The summed E-state index contributed by atoms with van der Waals surface area (Å²) >= 11 is 4.78. The van der Waals surface area contributed by atoms with E-state index in [0.29, 0.717) is 0 Å². The zero-order valence-corrected chi connectivity index (χ0v) is 13.1. The number of carbonyl (C=O) groups is 1. The monoisotopic (exact) mass is 369 g/mol. The van der Waals surface area contributed by atoms with Crippen molar-refractivity contribution in [2.45, 2.75) is 5.37 Å². The summed E-state index contributed by atoms with van der Waals surface area (Å²) in [6, 6.07) is 10.8. The van der Waals surface area contributed by atoms with Gasteiger partial charge in [-0.3, -0.25) is 9.69 Å². The lowest BCUT2D eigenvalue weighted by Crippen LogP contribution is -2.28. The molecule has 1 fully saturated rings. The third kappa shape index (κ3) is 2.82. The highest BCUT2D eigenvalue weighted by Crippen LogP contribution is 2.42. The average molecular weight is 370 g/mol. The molecule has 1 aliphatic rings. The normalized spacial score (nSPS) is 18.3. The summed E-state index contributed by atoms with van der Waals surface area (Å²) in [4.78, 5) is 13.5. The lowest BCUT2D eigenvalue weighted by atomic mass is 10.2. The molecule has 1 heterocycles. The molecule has 0 aromatic heterocycles. The number of anilines is 1. The number of amides is 1. The number of thioether (sulfide) groups is 1. The fourth-order valence-corrected chi connectivity index (χ4v) is 3.67. The van der Waals surface area contributed by atoms with Crippen LogP contribution in [0.25, 0.3) is 0 Å². The summed E-state index contributed by atoms with van der Waals surface area (Å²) in [5.74, 6) is -1.29. The molecule has 108 valence electrons. The molecule has 0 radical (unpaired) electrons.